The van der Waals surface area contributed by atoms with Crippen LogP contribution in [-0.2, 0) is 16.1 Å². The van der Waals surface area contributed by atoms with Crippen LogP contribution in [0.3, 0.4) is 0 Å². The van der Waals surface area contributed by atoms with Crippen LogP contribution in [0.15, 0.2) is 18.2 Å². The molecule has 1 aromatic rings. The molecule has 0 aromatic heterocycles. The van der Waals surface area contributed by atoms with Gasteiger partial charge in [0.1, 0.15) is 10.8 Å². The molecule has 0 amide bonds. The van der Waals surface area contributed by atoms with Crippen LogP contribution in [0.2, 0.25) is 0 Å². The summed E-state index contributed by atoms with van der Waals surface area (Å²) in [5.74, 6) is -0.361. The monoisotopic (exact) mass is 257 g/mol. The Bertz CT molecular complexity index is 398. The van der Waals surface area contributed by atoms with Crippen molar-refractivity contribution < 1.29 is 13.9 Å². The summed E-state index contributed by atoms with van der Waals surface area (Å²) in [6.45, 7) is 2.55. The van der Waals surface area contributed by atoms with Gasteiger partial charge in [0.15, 0.2) is 0 Å². The van der Waals surface area contributed by atoms with Crippen LogP contribution in [0.25, 0.3) is 0 Å². The summed E-state index contributed by atoms with van der Waals surface area (Å²) in [4.78, 5) is 0.184. The second-order valence-corrected chi connectivity index (χ2v) is 4.19. The van der Waals surface area contributed by atoms with Crippen molar-refractivity contribution in [2.45, 2.75) is 19.6 Å². The number of ether oxygens (including phenoxy) is 2. The van der Waals surface area contributed by atoms with Gasteiger partial charge in [-0.3, -0.25) is 0 Å². The molecule has 0 radical (unpaired) electrons. The SMILES string of the molecule is COCC(C)OCc1ccc(C(N)=S)cc1F. The van der Waals surface area contributed by atoms with Gasteiger partial charge in [-0.25, -0.2) is 4.39 Å². The summed E-state index contributed by atoms with van der Waals surface area (Å²) in [5, 5.41) is 0. The van der Waals surface area contributed by atoms with Crippen LogP contribution in [-0.4, -0.2) is 24.8 Å². The summed E-state index contributed by atoms with van der Waals surface area (Å²) in [7, 11) is 1.59. The average molecular weight is 257 g/mol. The Morgan fingerprint density at radius 2 is 2.24 bits per heavy atom. The van der Waals surface area contributed by atoms with Gasteiger partial charge >= 0.3 is 0 Å². The number of hydrogen-bond donors (Lipinski definition) is 1. The molecule has 2 N–H and O–H groups in total. The molecule has 1 rings (SSSR count). The molecule has 3 nitrogen and oxygen atoms in total. The molecule has 1 aromatic carbocycles. The van der Waals surface area contributed by atoms with Crippen molar-refractivity contribution in [2.24, 2.45) is 5.73 Å². The maximum Gasteiger partial charge on any atom is 0.129 e. The van der Waals surface area contributed by atoms with Crippen molar-refractivity contribution in [3.63, 3.8) is 0 Å². The highest BCUT2D eigenvalue weighted by atomic mass is 32.1. The van der Waals surface area contributed by atoms with Crippen LogP contribution in [0.4, 0.5) is 4.39 Å². The summed E-state index contributed by atoms with van der Waals surface area (Å²) >= 11 is 4.77. The van der Waals surface area contributed by atoms with E-state index in [4.69, 9.17) is 27.4 Å². The predicted octanol–water partition coefficient (Wildman–Crippen LogP) is 2.01. The molecule has 1 atom stereocenters. The van der Waals surface area contributed by atoms with Crippen molar-refractivity contribution >= 4 is 17.2 Å². The first kappa shape index (κ1) is 14.0. The largest absolute Gasteiger partial charge is 0.389 e. The Morgan fingerprint density at radius 3 is 2.76 bits per heavy atom. The molecule has 0 fully saturated rings. The number of hydrogen-bond acceptors (Lipinski definition) is 3. The van der Waals surface area contributed by atoms with E-state index in [0.717, 1.165) is 0 Å². The molecular weight excluding hydrogens is 241 g/mol. The van der Waals surface area contributed by atoms with Crippen LogP contribution in [0, 0.1) is 5.82 Å². The second-order valence-electron chi connectivity index (χ2n) is 3.75. The van der Waals surface area contributed by atoms with Crippen LogP contribution in [0.1, 0.15) is 18.1 Å². The summed E-state index contributed by atoms with van der Waals surface area (Å²) < 4.78 is 24.0. The van der Waals surface area contributed by atoms with Crippen LogP contribution >= 0.6 is 12.2 Å². The maximum absolute atomic E-state index is 13.6. The van der Waals surface area contributed by atoms with E-state index in [1.165, 1.54) is 6.07 Å². The van der Waals surface area contributed by atoms with E-state index in [9.17, 15) is 4.39 Å². The lowest BCUT2D eigenvalue weighted by Crippen LogP contribution is -2.15. The van der Waals surface area contributed by atoms with Gasteiger partial charge in [-0.15, -0.1) is 0 Å². The number of thiocarbonyl (C=S) groups is 1. The highest BCUT2D eigenvalue weighted by Gasteiger charge is 2.07. The standard InChI is InChI=1S/C12H16FNO2S/c1-8(6-15-2)16-7-10-4-3-9(12(14)17)5-11(10)13/h3-5,8H,6-7H2,1-2H3,(H2,14,17). The van der Waals surface area contributed by atoms with Gasteiger partial charge in [-0.05, 0) is 13.0 Å². The Morgan fingerprint density at radius 1 is 1.53 bits per heavy atom. The van der Waals surface area contributed by atoms with E-state index in [-0.39, 0.29) is 23.5 Å². The zero-order valence-corrected chi connectivity index (χ0v) is 10.7. The lowest BCUT2D eigenvalue weighted by Gasteiger charge is -2.12. The van der Waals surface area contributed by atoms with Crippen LogP contribution in [0.5, 0.6) is 0 Å². The summed E-state index contributed by atoms with van der Waals surface area (Å²) in [5.41, 5.74) is 6.41. The van der Waals surface area contributed by atoms with Gasteiger partial charge in [0.25, 0.3) is 0 Å². The van der Waals surface area contributed by atoms with Crippen molar-refractivity contribution in [1.82, 2.24) is 0 Å². The molecule has 17 heavy (non-hydrogen) atoms. The normalized spacial score (nSPS) is 12.4. The molecule has 0 aliphatic heterocycles. The molecule has 0 heterocycles. The summed E-state index contributed by atoms with van der Waals surface area (Å²) in [6.07, 6.45) is -0.0744. The van der Waals surface area contributed by atoms with E-state index >= 15 is 0 Å². The van der Waals surface area contributed by atoms with Crippen LogP contribution < -0.4 is 5.73 Å². The smallest absolute Gasteiger partial charge is 0.129 e. The topological polar surface area (TPSA) is 44.5 Å². The second kappa shape index (κ2) is 6.64. The average Bonchev–Trinajstić information content (AvgIpc) is 2.27. The fraction of sp³-hybridized carbons (Fsp3) is 0.417. The number of methoxy groups -OCH3 is 1. The molecule has 0 aliphatic carbocycles. The fourth-order valence-corrected chi connectivity index (χ4v) is 1.46. The predicted molar refractivity (Wildman–Crippen MR) is 68.4 cm³/mol. The van der Waals surface area contributed by atoms with Crippen molar-refractivity contribution in [2.75, 3.05) is 13.7 Å². The number of nitrogens with two attached hydrogens (primary N) is 1. The molecular formula is C12H16FNO2S. The zero-order valence-electron chi connectivity index (χ0n) is 9.90. The molecule has 0 saturated carbocycles. The maximum atomic E-state index is 13.6. The molecule has 0 spiro atoms. The van der Waals surface area contributed by atoms with Gasteiger partial charge in [0, 0.05) is 18.2 Å². The first-order valence-electron chi connectivity index (χ1n) is 5.23. The van der Waals surface area contributed by atoms with Crippen molar-refractivity contribution in [3.05, 3.63) is 35.1 Å². The highest BCUT2D eigenvalue weighted by Crippen LogP contribution is 2.12. The van der Waals surface area contributed by atoms with Gasteiger partial charge in [0.2, 0.25) is 0 Å². The first-order valence-corrected chi connectivity index (χ1v) is 5.64. The third kappa shape index (κ3) is 4.38. The molecule has 1 unspecified atom stereocenters. The quantitative estimate of drug-likeness (QED) is 0.792. The first-order chi connectivity index (χ1) is 8.04. The van der Waals surface area contributed by atoms with E-state index in [0.29, 0.717) is 17.7 Å². The Balaban J connectivity index is 2.63. The minimum Gasteiger partial charge on any atom is -0.389 e. The third-order valence-corrected chi connectivity index (χ3v) is 2.50. The third-order valence-electron chi connectivity index (χ3n) is 2.26. The van der Waals surface area contributed by atoms with Gasteiger partial charge in [-0.2, -0.15) is 0 Å². The minimum atomic E-state index is -0.361. The number of halogens is 1. The number of rotatable bonds is 6. The van der Waals surface area contributed by atoms with Gasteiger partial charge < -0.3 is 15.2 Å². The van der Waals surface area contributed by atoms with Crippen molar-refractivity contribution in [1.29, 1.82) is 0 Å². The highest BCUT2D eigenvalue weighted by molar-refractivity contribution is 7.80. The van der Waals surface area contributed by atoms with Gasteiger partial charge in [0.05, 0.1) is 19.3 Å². The molecule has 94 valence electrons. The Kier molecular flexibility index (Phi) is 5.47. The van der Waals surface area contributed by atoms with E-state index in [1.54, 1.807) is 19.2 Å². The Hall–Kier alpha value is -1.04. The van der Waals surface area contributed by atoms with Crippen molar-refractivity contribution in [3.8, 4) is 0 Å². The van der Waals surface area contributed by atoms with E-state index in [1.807, 2.05) is 6.92 Å². The zero-order chi connectivity index (χ0) is 12.8. The minimum absolute atomic E-state index is 0.0744. The van der Waals surface area contributed by atoms with E-state index in [2.05, 4.69) is 0 Å². The molecule has 0 bridgehead atoms. The molecule has 0 saturated heterocycles. The Labute approximate surface area is 106 Å². The summed E-state index contributed by atoms with van der Waals surface area (Å²) in [6, 6.07) is 4.64. The number of benzene rings is 1. The lowest BCUT2D eigenvalue weighted by molar-refractivity contribution is -0.00110. The molecule has 0 aliphatic rings. The fourth-order valence-electron chi connectivity index (χ4n) is 1.33. The lowest BCUT2D eigenvalue weighted by atomic mass is 10.1. The van der Waals surface area contributed by atoms with E-state index < -0.39 is 0 Å². The molecule has 5 heteroatoms. The van der Waals surface area contributed by atoms with Gasteiger partial charge in [-0.1, -0.05) is 24.4 Å².